The number of anilines is 1. The normalized spacial score (nSPS) is 13.7. The number of carboxylic acid groups (broad SMARTS) is 1. The Kier molecular flexibility index (Phi) is 11.1. The quantitative estimate of drug-likeness (QED) is 0.174. The highest BCUT2D eigenvalue weighted by Gasteiger charge is 2.18. The van der Waals surface area contributed by atoms with E-state index in [0.717, 1.165) is 25.0 Å². The zero-order valence-electron chi connectivity index (χ0n) is 19.1. The molecule has 0 bridgehead atoms. The van der Waals surface area contributed by atoms with Crippen molar-refractivity contribution >= 4 is 36.1 Å². The van der Waals surface area contributed by atoms with Gasteiger partial charge in [0.25, 0.3) is 0 Å². The topological polar surface area (TPSA) is 159 Å². The lowest BCUT2D eigenvalue weighted by atomic mass is 10.0. The van der Waals surface area contributed by atoms with E-state index in [2.05, 4.69) is 20.1 Å². The van der Waals surface area contributed by atoms with Crippen LogP contribution in [0.25, 0.3) is 11.1 Å². The second kappa shape index (κ2) is 14.0. The predicted octanol–water partition coefficient (Wildman–Crippen LogP) is 2.53. The van der Waals surface area contributed by atoms with Gasteiger partial charge in [-0.15, -0.1) is 12.4 Å². The highest BCUT2D eigenvalue weighted by atomic mass is 35.5. The zero-order valence-corrected chi connectivity index (χ0v) is 19.9. The number of aliphatic hydroxyl groups is 1. The Morgan fingerprint density at radius 3 is 2.60 bits per heavy atom. The first-order valence-corrected chi connectivity index (χ1v) is 10.9. The predicted molar refractivity (Wildman–Crippen MR) is 132 cm³/mol. The molecule has 0 radical (unpaired) electrons. The fourth-order valence-electron chi connectivity index (χ4n) is 3.34. The molecule has 2 aromatic rings. The molecule has 0 aliphatic carbocycles. The second-order valence-corrected chi connectivity index (χ2v) is 7.59. The van der Waals surface area contributed by atoms with Crippen molar-refractivity contribution in [3.05, 3.63) is 42.0 Å². The van der Waals surface area contributed by atoms with Crippen LogP contribution in [0.4, 0.5) is 15.1 Å². The summed E-state index contributed by atoms with van der Waals surface area (Å²) in [4.78, 5) is 30.6. The van der Waals surface area contributed by atoms with Gasteiger partial charge in [0.2, 0.25) is 5.95 Å². The number of unbranched alkanes of at least 4 members (excludes halogenated alkanes) is 1. The summed E-state index contributed by atoms with van der Waals surface area (Å²) in [7, 11) is 0. The fourth-order valence-corrected chi connectivity index (χ4v) is 3.34. The third kappa shape index (κ3) is 8.34. The molecule has 1 aliphatic rings. The number of amides is 1. The first kappa shape index (κ1) is 27.7. The number of aliphatic imine (C=N–C) groups is 1. The van der Waals surface area contributed by atoms with E-state index in [1.54, 1.807) is 30.6 Å². The standard InChI is InChI=1S/C22H28FN7O4.ClH/c23-19-15(12-25-20(24)28-22(32)33)4-3-5-18(19)16-13-26-21(27-14-16)30-8-6-17(7-9-30)29-34-11-2-1-10-31;/h3-5,13-14,31H,1-2,6-12H2,(H,32,33)(H3,24,25,28);1H. The number of rotatable bonds is 9. The lowest BCUT2D eigenvalue weighted by molar-refractivity contribution is 0.132. The summed E-state index contributed by atoms with van der Waals surface area (Å²) in [6.07, 6.45) is 4.75. The molecule has 1 aliphatic heterocycles. The number of benzene rings is 1. The average molecular weight is 510 g/mol. The van der Waals surface area contributed by atoms with E-state index in [-0.39, 0.29) is 37.1 Å². The molecule has 13 heteroatoms. The second-order valence-electron chi connectivity index (χ2n) is 7.59. The monoisotopic (exact) mass is 509 g/mol. The number of hydrogen-bond donors (Lipinski definition) is 4. The van der Waals surface area contributed by atoms with E-state index in [0.29, 0.717) is 43.2 Å². The van der Waals surface area contributed by atoms with Crippen molar-refractivity contribution in [3.8, 4) is 11.1 Å². The molecular weight excluding hydrogens is 481 g/mol. The maximum absolute atomic E-state index is 15.0. The molecule has 190 valence electrons. The van der Waals surface area contributed by atoms with Gasteiger partial charge in [0.1, 0.15) is 12.4 Å². The van der Waals surface area contributed by atoms with Crippen LogP contribution in [0.5, 0.6) is 0 Å². The highest BCUT2D eigenvalue weighted by Crippen LogP contribution is 2.25. The van der Waals surface area contributed by atoms with Gasteiger partial charge in [-0.05, 0) is 12.8 Å². The summed E-state index contributed by atoms with van der Waals surface area (Å²) in [5, 5.41) is 23.5. The Hall–Kier alpha value is -3.51. The van der Waals surface area contributed by atoms with Crippen LogP contribution in [0.1, 0.15) is 31.2 Å². The smallest absolute Gasteiger partial charge is 0.411 e. The van der Waals surface area contributed by atoms with E-state index >= 15 is 0 Å². The number of oxime groups is 1. The third-order valence-corrected chi connectivity index (χ3v) is 5.14. The number of piperidine rings is 1. The molecule has 1 aromatic carbocycles. The number of guanidine groups is 1. The molecule has 0 saturated carbocycles. The maximum atomic E-state index is 15.0. The van der Waals surface area contributed by atoms with Gasteiger partial charge in [-0.25, -0.2) is 24.1 Å². The van der Waals surface area contributed by atoms with Gasteiger partial charge in [0.05, 0.1) is 12.3 Å². The van der Waals surface area contributed by atoms with Crippen LogP contribution in [0, 0.1) is 5.82 Å². The van der Waals surface area contributed by atoms with Crippen molar-refractivity contribution < 1.29 is 24.2 Å². The van der Waals surface area contributed by atoms with Crippen LogP contribution in [0.2, 0.25) is 0 Å². The first-order chi connectivity index (χ1) is 16.5. The molecule has 1 aromatic heterocycles. The van der Waals surface area contributed by atoms with Crippen LogP contribution in [0.15, 0.2) is 40.7 Å². The Morgan fingerprint density at radius 1 is 1.23 bits per heavy atom. The molecule has 0 atom stereocenters. The van der Waals surface area contributed by atoms with Gasteiger partial charge < -0.3 is 25.7 Å². The van der Waals surface area contributed by atoms with Gasteiger partial charge in [-0.3, -0.25) is 5.32 Å². The van der Waals surface area contributed by atoms with Crippen molar-refractivity contribution in [2.75, 3.05) is 31.2 Å². The summed E-state index contributed by atoms with van der Waals surface area (Å²) in [6.45, 7) is 1.93. The van der Waals surface area contributed by atoms with E-state index in [9.17, 15) is 9.18 Å². The van der Waals surface area contributed by atoms with Gasteiger partial charge in [-0.1, -0.05) is 23.4 Å². The van der Waals surface area contributed by atoms with Crippen molar-refractivity contribution in [1.82, 2.24) is 15.3 Å². The molecular formula is C22H29ClFN7O4. The molecule has 2 heterocycles. The van der Waals surface area contributed by atoms with E-state index in [4.69, 9.17) is 20.8 Å². The number of halogens is 2. The Bertz CT molecular complexity index is 1030. The molecule has 0 unspecified atom stereocenters. The molecule has 3 rings (SSSR count). The highest BCUT2D eigenvalue weighted by molar-refractivity contribution is 5.92. The molecule has 1 saturated heterocycles. The van der Waals surface area contributed by atoms with Crippen molar-refractivity contribution in [1.29, 1.82) is 0 Å². The lowest BCUT2D eigenvalue weighted by Crippen LogP contribution is -2.35. The number of nitrogens with one attached hydrogen (secondary N) is 1. The summed E-state index contributed by atoms with van der Waals surface area (Å²) in [6, 6.07) is 4.84. The van der Waals surface area contributed by atoms with Crippen molar-refractivity contribution in [2.24, 2.45) is 15.9 Å². The summed E-state index contributed by atoms with van der Waals surface area (Å²) < 4.78 is 15.0. The van der Waals surface area contributed by atoms with Crippen molar-refractivity contribution in [2.45, 2.75) is 32.2 Å². The zero-order chi connectivity index (χ0) is 24.3. The van der Waals surface area contributed by atoms with Gasteiger partial charge in [0, 0.05) is 61.6 Å². The van der Waals surface area contributed by atoms with Gasteiger partial charge >= 0.3 is 6.09 Å². The summed E-state index contributed by atoms with van der Waals surface area (Å²) in [5.74, 6) is -0.253. The molecule has 0 spiro atoms. The minimum absolute atomic E-state index is 0. The number of carbonyl (C=O) groups is 1. The molecule has 5 N–H and O–H groups in total. The first-order valence-electron chi connectivity index (χ1n) is 10.9. The SMILES string of the molecule is Cl.NC(=NCc1cccc(-c2cnc(N3CCC(=NOCCCCO)CC3)nc2)c1F)NC(=O)O. The minimum atomic E-state index is -1.34. The molecule has 1 amide bonds. The van der Waals surface area contributed by atoms with Gasteiger partial charge in [0.15, 0.2) is 5.96 Å². The van der Waals surface area contributed by atoms with Crippen molar-refractivity contribution in [3.63, 3.8) is 0 Å². The summed E-state index contributed by atoms with van der Waals surface area (Å²) in [5.41, 5.74) is 7.52. The number of hydrogen-bond acceptors (Lipinski definition) is 8. The number of nitrogens with zero attached hydrogens (tertiary/aromatic N) is 5. The van der Waals surface area contributed by atoms with E-state index < -0.39 is 11.9 Å². The largest absolute Gasteiger partial charge is 0.465 e. The molecule has 35 heavy (non-hydrogen) atoms. The molecule has 11 nitrogen and oxygen atoms in total. The van der Waals surface area contributed by atoms with Crippen LogP contribution in [-0.2, 0) is 11.4 Å². The van der Waals surface area contributed by atoms with Gasteiger partial charge in [-0.2, -0.15) is 0 Å². The number of nitrogens with two attached hydrogens (primary N) is 1. The molecule has 1 fully saturated rings. The average Bonchev–Trinajstić information content (AvgIpc) is 2.83. The van der Waals surface area contributed by atoms with Crippen LogP contribution in [-0.4, -0.2) is 64.2 Å². The fraction of sp³-hybridized carbons (Fsp3) is 0.409. The third-order valence-electron chi connectivity index (χ3n) is 5.14. The minimum Gasteiger partial charge on any atom is -0.465 e. The Balaban J connectivity index is 0.00000432. The maximum Gasteiger partial charge on any atom is 0.411 e. The van der Waals surface area contributed by atoms with Crippen LogP contribution < -0.4 is 16.0 Å². The lowest BCUT2D eigenvalue weighted by Gasteiger charge is -2.27. The Labute approximate surface area is 208 Å². The van der Waals surface area contributed by atoms with Crippen LogP contribution >= 0.6 is 12.4 Å². The van der Waals surface area contributed by atoms with Crippen LogP contribution in [0.3, 0.4) is 0 Å². The van der Waals surface area contributed by atoms with E-state index in [1.165, 1.54) is 0 Å². The number of aromatic nitrogens is 2. The summed E-state index contributed by atoms with van der Waals surface area (Å²) >= 11 is 0. The Morgan fingerprint density at radius 2 is 1.94 bits per heavy atom. The number of aliphatic hydroxyl groups excluding tert-OH is 1. The van der Waals surface area contributed by atoms with E-state index in [1.807, 2.05) is 10.2 Å².